The van der Waals surface area contributed by atoms with Crippen LogP contribution in [0.3, 0.4) is 0 Å². The Morgan fingerprint density at radius 3 is 0.372 bits per heavy atom. The van der Waals surface area contributed by atoms with Crippen molar-refractivity contribution in [3.05, 3.63) is 109 Å². The molecule has 0 unspecified atom stereocenters. The summed E-state index contributed by atoms with van der Waals surface area (Å²) < 4.78 is 0. The molecule has 0 aliphatic rings. The van der Waals surface area contributed by atoms with Crippen LogP contribution in [-0.4, -0.2) is 162 Å². The molecular formula is C52H68O26. The van der Waals surface area contributed by atoms with Crippen molar-refractivity contribution in [2.24, 2.45) is 0 Å². The maximum atomic E-state index is 10.2. The van der Waals surface area contributed by atoms with E-state index in [4.69, 9.17) is 40.2 Å². The smallest absolute Gasteiger partial charge is 0.328 e. The molecule has 6 N–H and O–H groups in total. The van der Waals surface area contributed by atoms with Crippen molar-refractivity contribution >= 4 is 118 Å². The van der Waals surface area contributed by atoms with E-state index in [2.05, 4.69) is 0 Å². The molecule has 0 fully saturated rings. The first-order chi connectivity index (χ1) is 35.7. The van der Waals surface area contributed by atoms with Crippen molar-refractivity contribution in [1.82, 2.24) is 0 Å². The second-order valence-corrected chi connectivity index (χ2v) is 12.9. The highest BCUT2D eigenvalue weighted by molar-refractivity contribution is 6.00. The Hall–Kier alpha value is -9.82. The zero-order chi connectivity index (χ0) is 64.5. The molecule has 0 aliphatic heterocycles. The SMILES string of the molecule is C=O.C=O.CC(=O)/C=C/C(=O)CO.CC(=O)/C=C/C(=O)CO.CC(=O)/C=C/C(=O)O.CC(=O)/C=C/C(=O)O.CC(=O)/C=C/C(=O)O.CC(=O)/C=C/C(=O)O.CC(=O)/C=C/C(C)=O.CC(=O)/C=C/C(C)=O.CC(=O)/C=C/C(C)=O. The molecule has 0 radical (unpaired) electrons. The van der Waals surface area contributed by atoms with Crippen molar-refractivity contribution in [3.8, 4) is 0 Å². The van der Waals surface area contributed by atoms with E-state index in [0.29, 0.717) is 0 Å². The Morgan fingerprint density at radius 2 is 0.308 bits per heavy atom. The molecule has 0 amide bonds. The van der Waals surface area contributed by atoms with E-state index in [9.17, 15) is 86.3 Å². The van der Waals surface area contributed by atoms with Crippen molar-refractivity contribution in [2.75, 3.05) is 13.2 Å². The average molecular weight is 1110 g/mol. The number of ketones is 14. The van der Waals surface area contributed by atoms with Crippen LogP contribution in [0.5, 0.6) is 0 Å². The summed E-state index contributed by atoms with van der Waals surface area (Å²) in [7, 11) is 0. The van der Waals surface area contributed by atoms with Crippen LogP contribution in [0.15, 0.2) is 109 Å². The van der Waals surface area contributed by atoms with Gasteiger partial charge in [-0.2, -0.15) is 0 Å². The van der Waals surface area contributed by atoms with Gasteiger partial charge >= 0.3 is 23.9 Å². The number of carboxylic acids is 4. The Kier molecular flexibility index (Phi) is 86.2. The summed E-state index contributed by atoms with van der Waals surface area (Å²) in [6.07, 6.45) is 19.1. The first-order valence-corrected chi connectivity index (χ1v) is 20.7. The number of rotatable bonds is 20. The largest absolute Gasteiger partial charge is 0.478 e. The molecule has 0 heterocycles. The fourth-order valence-electron chi connectivity index (χ4n) is 1.98. The van der Waals surface area contributed by atoms with Crippen LogP contribution in [0.4, 0.5) is 0 Å². The molecule has 0 atom stereocenters. The Balaban J connectivity index is -0.0000000713. The third-order valence-corrected chi connectivity index (χ3v) is 4.82. The van der Waals surface area contributed by atoms with Crippen LogP contribution in [0.25, 0.3) is 0 Å². The van der Waals surface area contributed by atoms with Gasteiger partial charge in [0, 0.05) is 24.3 Å². The van der Waals surface area contributed by atoms with E-state index < -0.39 is 48.7 Å². The van der Waals surface area contributed by atoms with Crippen LogP contribution in [0, 0.1) is 0 Å². The zero-order valence-corrected chi connectivity index (χ0v) is 45.1. The van der Waals surface area contributed by atoms with Gasteiger partial charge in [0.15, 0.2) is 81.0 Å². The number of carbonyl (C=O) groups is 20. The Labute approximate surface area is 449 Å². The number of aliphatic hydroxyl groups is 2. The highest BCUT2D eigenvalue weighted by atomic mass is 16.4. The number of carboxylic acid groups (broad SMARTS) is 4. The Morgan fingerprint density at radius 1 is 0.218 bits per heavy atom. The highest BCUT2D eigenvalue weighted by Gasteiger charge is 1.92. The molecule has 0 bridgehead atoms. The molecule has 0 aromatic heterocycles. The molecular weight excluding hydrogens is 1040 g/mol. The van der Waals surface area contributed by atoms with E-state index in [1.165, 1.54) is 120 Å². The van der Waals surface area contributed by atoms with Gasteiger partial charge in [0.2, 0.25) is 0 Å². The summed E-state index contributed by atoms with van der Waals surface area (Å²) in [5.74, 6) is -7.30. The zero-order valence-electron chi connectivity index (χ0n) is 45.1. The lowest BCUT2D eigenvalue weighted by Gasteiger charge is -1.80. The lowest BCUT2D eigenvalue weighted by atomic mass is 10.3. The van der Waals surface area contributed by atoms with Crippen molar-refractivity contribution in [3.63, 3.8) is 0 Å². The minimum absolute atomic E-state index is 0.0970. The normalized spacial score (nSPS) is 9.36. The minimum Gasteiger partial charge on any atom is -0.478 e. The maximum Gasteiger partial charge on any atom is 0.328 e. The molecule has 0 rings (SSSR count). The number of carbonyl (C=O) groups excluding carboxylic acids is 16. The third kappa shape index (κ3) is 183. The van der Waals surface area contributed by atoms with Gasteiger partial charge in [-0.15, -0.1) is 0 Å². The topological polar surface area (TPSA) is 463 Å². The first-order valence-electron chi connectivity index (χ1n) is 20.7. The number of aliphatic hydroxyl groups excluding tert-OH is 2. The van der Waals surface area contributed by atoms with Gasteiger partial charge in [0.1, 0.15) is 26.8 Å². The average Bonchev–Trinajstić information content (AvgIpc) is 3.33. The molecule has 0 saturated carbocycles. The van der Waals surface area contributed by atoms with Crippen LogP contribution in [-0.2, 0) is 95.9 Å². The second-order valence-electron chi connectivity index (χ2n) is 12.9. The van der Waals surface area contributed by atoms with Crippen LogP contribution < -0.4 is 0 Å². The molecule has 78 heavy (non-hydrogen) atoms. The monoisotopic (exact) mass is 1110 g/mol. The van der Waals surface area contributed by atoms with E-state index in [1.807, 2.05) is 13.6 Å². The molecule has 0 aromatic carbocycles. The maximum absolute atomic E-state index is 10.2. The standard InChI is InChI=1S/2C6H8O3.3C6H8O2.4C5H6O3.2CH2O/c2*1-5(8)2-3-6(9)4-7;3*1-5(7)3-4-6(2)8;4*1-4(6)2-3-5(7)8;2*1-2/h2*2-3,7H,4H2,1H3;3*3-4H,1-2H3;4*2-3H,1H3,(H,7,8);2*1H2/b2*3-2+;3*4-3+;4*3-2+;;. The van der Waals surface area contributed by atoms with Gasteiger partial charge in [0.25, 0.3) is 0 Å². The van der Waals surface area contributed by atoms with Crippen LogP contribution in [0.1, 0.15) is 83.1 Å². The summed E-state index contributed by atoms with van der Waals surface area (Å²) in [6.45, 7) is 19.2. The van der Waals surface area contributed by atoms with Gasteiger partial charge in [-0.3, -0.25) is 67.1 Å². The molecule has 0 aromatic rings. The summed E-state index contributed by atoms with van der Waals surface area (Å²) in [5, 5.41) is 48.0. The van der Waals surface area contributed by atoms with Crippen LogP contribution in [0.2, 0.25) is 0 Å². The van der Waals surface area contributed by atoms with Crippen molar-refractivity contribution < 1.29 is 127 Å². The van der Waals surface area contributed by atoms with E-state index >= 15 is 0 Å². The fraction of sp³-hybridized carbons (Fsp3) is 0.269. The van der Waals surface area contributed by atoms with Gasteiger partial charge < -0.3 is 40.2 Å². The van der Waals surface area contributed by atoms with Gasteiger partial charge in [-0.1, -0.05) is 0 Å². The molecule has 0 spiro atoms. The van der Waals surface area contributed by atoms with Gasteiger partial charge in [-0.25, -0.2) is 19.2 Å². The first kappa shape index (κ1) is 94.1. The van der Waals surface area contributed by atoms with Gasteiger partial charge in [-0.05, 0) is 168 Å². The predicted octanol–water partition coefficient (Wildman–Crippen LogP) is 2.04. The molecule has 26 nitrogen and oxygen atoms in total. The van der Waals surface area contributed by atoms with Crippen molar-refractivity contribution in [2.45, 2.75) is 83.1 Å². The van der Waals surface area contributed by atoms with E-state index in [0.717, 1.165) is 72.9 Å². The summed E-state index contributed by atoms with van der Waals surface area (Å²) >= 11 is 0. The fourth-order valence-corrected chi connectivity index (χ4v) is 1.98. The quantitative estimate of drug-likeness (QED) is 0.0950. The summed E-state index contributed by atoms with van der Waals surface area (Å²) in [4.78, 5) is 196. The van der Waals surface area contributed by atoms with E-state index in [1.54, 1.807) is 0 Å². The third-order valence-electron chi connectivity index (χ3n) is 4.82. The highest BCUT2D eigenvalue weighted by Crippen LogP contribution is 1.80. The summed E-state index contributed by atoms with van der Waals surface area (Å²) in [5.41, 5.74) is 0. The second kappa shape index (κ2) is 71.4. The number of allylic oxidation sites excluding steroid dienone is 12. The molecule has 26 heteroatoms. The number of hydrogen-bond acceptors (Lipinski definition) is 22. The molecule has 0 saturated heterocycles. The molecule has 0 aliphatic carbocycles. The Bertz CT molecular complexity index is 1770. The van der Waals surface area contributed by atoms with Crippen LogP contribution >= 0.6 is 0 Å². The minimum atomic E-state index is -1.10. The summed E-state index contributed by atoms with van der Waals surface area (Å²) in [6, 6.07) is 0. The van der Waals surface area contributed by atoms with Crippen molar-refractivity contribution in [1.29, 1.82) is 0 Å². The number of hydrogen-bond donors (Lipinski definition) is 6. The predicted molar refractivity (Wildman–Crippen MR) is 279 cm³/mol. The lowest BCUT2D eigenvalue weighted by molar-refractivity contribution is -0.132. The lowest BCUT2D eigenvalue weighted by Crippen LogP contribution is -1.98. The van der Waals surface area contributed by atoms with E-state index in [-0.39, 0.29) is 69.4 Å². The number of aliphatic carboxylic acids is 4. The van der Waals surface area contributed by atoms with Gasteiger partial charge in [0.05, 0.1) is 0 Å². The molecule has 432 valence electrons.